The minimum Gasteiger partial charge on any atom is -0.490 e. The van der Waals surface area contributed by atoms with E-state index in [0.29, 0.717) is 36.1 Å². The lowest BCUT2D eigenvalue weighted by molar-refractivity contribution is 0.284. The molecule has 0 aromatic heterocycles. The Labute approximate surface area is 228 Å². The molecule has 6 heteroatoms. The van der Waals surface area contributed by atoms with Crippen LogP contribution in [0, 0.1) is 36.0 Å². The molecule has 0 N–H and O–H groups in total. The van der Waals surface area contributed by atoms with E-state index in [-0.39, 0.29) is 41.8 Å². The third kappa shape index (κ3) is 7.01. The summed E-state index contributed by atoms with van der Waals surface area (Å²) in [5.74, 6) is -3.84. The standard InChI is InChI=1S/C33H37F5O/c1-3-4-5-6-19-39-29-18-16-25(31(36)33(29)38)14-12-24-13-15-26(20-28(24)34)22-8-10-23(11-9-22)27-17-7-21(2)30(35)32(27)37/h7,13,15-18,20,22-23H,3-6,8-12,14,19H2,1-2H3. The highest BCUT2D eigenvalue weighted by Crippen LogP contribution is 2.42. The molecule has 0 radical (unpaired) electrons. The van der Waals surface area contributed by atoms with Crippen LogP contribution >= 0.6 is 0 Å². The van der Waals surface area contributed by atoms with Crippen LogP contribution in [0.15, 0.2) is 42.5 Å². The van der Waals surface area contributed by atoms with Gasteiger partial charge >= 0.3 is 0 Å². The van der Waals surface area contributed by atoms with Crippen molar-refractivity contribution in [2.75, 3.05) is 6.61 Å². The largest absolute Gasteiger partial charge is 0.490 e. The third-order valence-electron chi connectivity index (χ3n) is 8.07. The number of halogens is 5. The van der Waals surface area contributed by atoms with Crippen LogP contribution in [-0.2, 0) is 12.8 Å². The molecule has 0 aliphatic heterocycles. The van der Waals surface area contributed by atoms with E-state index < -0.39 is 23.3 Å². The molecule has 1 aliphatic rings. The first-order valence-electron chi connectivity index (χ1n) is 14.1. The van der Waals surface area contributed by atoms with Gasteiger partial charge in [0, 0.05) is 0 Å². The maximum absolute atomic E-state index is 15.0. The van der Waals surface area contributed by atoms with Gasteiger partial charge in [0.1, 0.15) is 5.82 Å². The minimum atomic E-state index is -0.998. The predicted molar refractivity (Wildman–Crippen MR) is 145 cm³/mol. The molecule has 3 aromatic rings. The Kier molecular flexibility index (Phi) is 10.0. The van der Waals surface area contributed by atoms with Gasteiger partial charge in [-0.15, -0.1) is 0 Å². The van der Waals surface area contributed by atoms with Crippen LogP contribution < -0.4 is 4.74 Å². The average molecular weight is 545 g/mol. The molecule has 210 valence electrons. The van der Waals surface area contributed by atoms with Gasteiger partial charge in [0.2, 0.25) is 5.82 Å². The Bertz CT molecular complexity index is 1260. The van der Waals surface area contributed by atoms with Crippen molar-refractivity contribution in [3.8, 4) is 5.75 Å². The third-order valence-corrected chi connectivity index (χ3v) is 8.07. The molecule has 1 fully saturated rings. The van der Waals surface area contributed by atoms with Crippen molar-refractivity contribution in [2.45, 2.75) is 89.9 Å². The van der Waals surface area contributed by atoms with Gasteiger partial charge in [0.25, 0.3) is 0 Å². The van der Waals surface area contributed by atoms with Gasteiger partial charge in [-0.1, -0.05) is 56.5 Å². The Morgan fingerprint density at radius 3 is 2.10 bits per heavy atom. The minimum absolute atomic E-state index is 0.0476. The molecule has 0 unspecified atom stereocenters. The lowest BCUT2D eigenvalue weighted by atomic mass is 9.76. The number of ether oxygens (including phenoxy) is 1. The monoisotopic (exact) mass is 544 g/mol. The molecule has 0 heterocycles. The normalized spacial score (nSPS) is 17.4. The van der Waals surface area contributed by atoms with Gasteiger partial charge < -0.3 is 4.74 Å². The summed E-state index contributed by atoms with van der Waals surface area (Å²) in [5.41, 5.74) is 2.23. The van der Waals surface area contributed by atoms with E-state index in [1.165, 1.54) is 18.2 Å². The summed E-state index contributed by atoms with van der Waals surface area (Å²) < 4.78 is 78.0. The maximum atomic E-state index is 15.0. The van der Waals surface area contributed by atoms with Crippen molar-refractivity contribution < 1.29 is 26.7 Å². The van der Waals surface area contributed by atoms with E-state index in [4.69, 9.17) is 4.74 Å². The van der Waals surface area contributed by atoms with Crippen molar-refractivity contribution in [2.24, 2.45) is 0 Å². The molecular formula is C33H37F5O. The lowest BCUT2D eigenvalue weighted by Crippen LogP contribution is -2.14. The highest BCUT2D eigenvalue weighted by Gasteiger charge is 2.27. The Morgan fingerprint density at radius 2 is 1.38 bits per heavy atom. The zero-order valence-corrected chi connectivity index (χ0v) is 22.8. The quantitative estimate of drug-likeness (QED) is 0.172. The zero-order valence-electron chi connectivity index (χ0n) is 22.8. The first-order chi connectivity index (χ1) is 18.8. The van der Waals surface area contributed by atoms with Crippen LogP contribution in [0.4, 0.5) is 22.0 Å². The predicted octanol–water partition coefficient (Wildman–Crippen LogP) is 9.88. The molecular weight excluding hydrogens is 507 g/mol. The second-order valence-corrected chi connectivity index (χ2v) is 10.8. The number of hydrogen-bond acceptors (Lipinski definition) is 1. The van der Waals surface area contributed by atoms with E-state index in [1.807, 2.05) is 6.07 Å². The van der Waals surface area contributed by atoms with Crippen molar-refractivity contribution >= 4 is 0 Å². The second-order valence-electron chi connectivity index (χ2n) is 10.8. The Morgan fingerprint density at radius 1 is 0.692 bits per heavy atom. The van der Waals surface area contributed by atoms with Gasteiger partial charge in [0.15, 0.2) is 23.2 Å². The van der Waals surface area contributed by atoms with Crippen LogP contribution in [-0.4, -0.2) is 6.61 Å². The van der Waals surface area contributed by atoms with Crippen molar-refractivity contribution in [1.82, 2.24) is 0 Å². The van der Waals surface area contributed by atoms with E-state index in [9.17, 15) is 22.0 Å². The molecule has 1 aliphatic carbocycles. The van der Waals surface area contributed by atoms with Crippen LogP contribution in [0.2, 0.25) is 0 Å². The summed E-state index contributed by atoms with van der Waals surface area (Å²) in [5, 5.41) is 0. The van der Waals surface area contributed by atoms with Gasteiger partial charge in [0.05, 0.1) is 6.61 Å². The molecule has 0 saturated heterocycles. The van der Waals surface area contributed by atoms with Crippen LogP contribution in [0.3, 0.4) is 0 Å². The fourth-order valence-corrected chi connectivity index (χ4v) is 5.59. The highest BCUT2D eigenvalue weighted by atomic mass is 19.2. The average Bonchev–Trinajstić information content (AvgIpc) is 2.94. The van der Waals surface area contributed by atoms with E-state index in [1.54, 1.807) is 25.1 Å². The van der Waals surface area contributed by atoms with Crippen molar-refractivity contribution in [1.29, 1.82) is 0 Å². The Balaban J connectivity index is 1.32. The lowest BCUT2D eigenvalue weighted by Gasteiger charge is -2.29. The van der Waals surface area contributed by atoms with Gasteiger partial charge in [-0.25, -0.2) is 17.6 Å². The van der Waals surface area contributed by atoms with Gasteiger partial charge in [-0.3, -0.25) is 0 Å². The molecule has 0 amide bonds. The van der Waals surface area contributed by atoms with Crippen molar-refractivity contribution in [3.63, 3.8) is 0 Å². The summed E-state index contributed by atoms with van der Waals surface area (Å²) in [6.07, 6.45) is 7.28. The number of aryl methyl sites for hydroxylation is 3. The topological polar surface area (TPSA) is 9.23 Å². The SMILES string of the molecule is CCCCCCOc1ccc(CCc2ccc(C3CCC(c4ccc(C)c(F)c4F)CC3)cc2F)c(F)c1F. The number of rotatable bonds is 11. The number of benzene rings is 3. The molecule has 39 heavy (non-hydrogen) atoms. The van der Waals surface area contributed by atoms with Crippen LogP contribution in [0.25, 0.3) is 0 Å². The van der Waals surface area contributed by atoms with Gasteiger partial charge in [-0.05, 0) is 104 Å². The summed E-state index contributed by atoms with van der Waals surface area (Å²) in [6, 6.07) is 11.4. The highest BCUT2D eigenvalue weighted by molar-refractivity contribution is 5.34. The van der Waals surface area contributed by atoms with Crippen LogP contribution in [0.1, 0.15) is 97.9 Å². The summed E-state index contributed by atoms with van der Waals surface area (Å²) in [7, 11) is 0. The summed E-state index contributed by atoms with van der Waals surface area (Å²) in [6.45, 7) is 3.99. The molecule has 0 bridgehead atoms. The first kappa shape index (κ1) is 29.1. The fourth-order valence-electron chi connectivity index (χ4n) is 5.59. The van der Waals surface area contributed by atoms with E-state index in [0.717, 1.165) is 44.1 Å². The Hall–Kier alpha value is -2.89. The second kappa shape index (κ2) is 13.5. The molecule has 4 rings (SSSR count). The number of hydrogen-bond donors (Lipinski definition) is 0. The smallest absolute Gasteiger partial charge is 0.200 e. The molecule has 3 aromatic carbocycles. The van der Waals surface area contributed by atoms with E-state index in [2.05, 4.69) is 6.92 Å². The zero-order chi connectivity index (χ0) is 27.9. The van der Waals surface area contributed by atoms with Crippen molar-refractivity contribution in [3.05, 3.63) is 99.4 Å². The summed E-state index contributed by atoms with van der Waals surface area (Å²) in [4.78, 5) is 0. The van der Waals surface area contributed by atoms with Crippen LogP contribution in [0.5, 0.6) is 5.75 Å². The summed E-state index contributed by atoms with van der Waals surface area (Å²) >= 11 is 0. The fraction of sp³-hybridized carbons (Fsp3) is 0.455. The van der Waals surface area contributed by atoms with Gasteiger partial charge in [-0.2, -0.15) is 4.39 Å². The molecule has 0 spiro atoms. The first-order valence-corrected chi connectivity index (χ1v) is 14.1. The molecule has 0 atom stereocenters. The molecule has 1 nitrogen and oxygen atoms in total. The number of unbranched alkanes of at least 4 members (excludes halogenated alkanes) is 3. The maximum Gasteiger partial charge on any atom is 0.200 e. The van der Waals surface area contributed by atoms with E-state index >= 15 is 0 Å². The molecule has 1 saturated carbocycles.